The van der Waals surface area contributed by atoms with Gasteiger partial charge in [-0.3, -0.25) is 9.59 Å². The molecular formula is C21H23N3O3. The number of benzene rings is 1. The molecular weight excluding hydrogens is 342 g/mol. The van der Waals surface area contributed by atoms with E-state index in [1.54, 1.807) is 19.2 Å². The summed E-state index contributed by atoms with van der Waals surface area (Å²) >= 11 is 0. The number of amides is 2. The molecule has 2 N–H and O–H groups in total. The fraction of sp³-hybridized carbons (Fsp3) is 0.381. The minimum atomic E-state index is -0.303. The van der Waals surface area contributed by atoms with Crippen LogP contribution >= 0.6 is 0 Å². The molecule has 6 nitrogen and oxygen atoms in total. The highest BCUT2D eigenvalue weighted by molar-refractivity contribution is 5.99. The van der Waals surface area contributed by atoms with Crippen LogP contribution in [-0.2, 0) is 4.74 Å². The van der Waals surface area contributed by atoms with Crippen LogP contribution in [0.4, 0.5) is 0 Å². The number of carbonyl (C=O) groups excluding carboxylic acids is 2. The third-order valence-corrected chi connectivity index (χ3v) is 5.56. The van der Waals surface area contributed by atoms with Gasteiger partial charge in [0.2, 0.25) is 0 Å². The van der Waals surface area contributed by atoms with Gasteiger partial charge in [-0.15, -0.1) is 0 Å². The topological polar surface area (TPSA) is 80.3 Å². The van der Waals surface area contributed by atoms with Gasteiger partial charge in [0.05, 0.1) is 13.2 Å². The number of rotatable bonds is 5. The minimum absolute atomic E-state index is 0.0314. The lowest BCUT2D eigenvalue weighted by atomic mass is 9.96. The van der Waals surface area contributed by atoms with Gasteiger partial charge in [-0.05, 0) is 17.7 Å². The zero-order valence-electron chi connectivity index (χ0n) is 15.4. The Hall–Kier alpha value is -2.73. The molecule has 140 valence electrons. The Bertz CT molecular complexity index is 858. The molecule has 4 atom stereocenters. The summed E-state index contributed by atoms with van der Waals surface area (Å²) in [5, 5.41) is 5.67. The standard InChI is InChI=1S/C21H23N3O3/c1-12(13-6-4-3-5-7-13)17-8-14(9-18(23-17)21(26)22-2)20(25)24-19-15-10-27-11-16(15)19/h3-9,12,15-16,19H,10-11H2,1-2H3,(H,22,26)(H,24,25)/t12-,15-,16+,19+/m1/s1. The van der Waals surface area contributed by atoms with Crippen molar-refractivity contribution in [2.45, 2.75) is 18.9 Å². The predicted octanol–water partition coefficient (Wildman–Crippen LogP) is 1.97. The van der Waals surface area contributed by atoms with Crippen LogP contribution in [0.2, 0.25) is 0 Å². The van der Waals surface area contributed by atoms with E-state index in [0.717, 1.165) is 5.56 Å². The number of ether oxygens (including phenoxy) is 1. The fourth-order valence-corrected chi connectivity index (χ4v) is 3.75. The van der Waals surface area contributed by atoms with Crippen LogP contribution in [0.15, 0.2) is 42.5 Å². The number of carbonyl (C=O) groups is 2. The molecule has 1 aromatic heterocycles. The van der Waals surface area contributed by atoms with Crippen molar-refractivity contribution in [2.24, 2.45) is 11.8 Å². The maximum Gasteiger partial charge on any atom is 0.269 e. The first-order valence-corrected chi connectivity index (χ1v) is 9.26. The Morgan fingerprint density at radius 2 is 1.81 bits per heavy atom. The van der Waals surface area contributed by atoms with Gasteiger partial charge in [-0.2, -0.15) is 0 Å². The van der Waals surface area contributed by atoms with Crippen molar-refractivity contribution >= 4 is 11.8 Å². The van der Waals surface area contributed by atoms with E-state index < -0.39 is 0 Å². The van der Waals surface area contributed by atoms with Crippen LogP contribution in [0, 0.1) is 11.8 Å². The summed E-state index contributed by atoms with van der Waals surface area (Å²) in [6.07, 6.45) is 0. The highest BCUT2D eigenvalue weighted by atomic mass is 16.5. The third-order valence-electron chi connectivity index (χ3n) is 5.56. The summed E-state index contributed by atoms with van der Waals surface area (Å²) in [6, 6.07) is 13.5. The molecule has 1 saturated heterocycles. The van der Waals surface area contributed by atoms with Crippen LogP contribution in [0.3, 0.4) is 0 Å². The lowest BCUT2D eigenvalue weighted by Gasteiger charge is -2.15. The summed E-state index contributed by atoms with van der Waals surface area (Å²) in [5.41, 5.74) is 2.50. The summed E-state index contributed by atoms with van der Waals surface area (Å²) in [5.74, 6) is 0.358. The normalized spacial score (nSPS) is 24.0. The number of fused-ring (bicyclic) bond motifs is 1. The van der Waals surface area contributed by atoms with Crippen LogP contribution in [0.25, 0.3) is 0 Å². The Kier molecular flexibility index (Phi) is 4.66. The summed E-state index contributed by atoms with van der Waals surface area (Å²) < 4.78 is 5.37. The molecule has 4 rings (SSSR count). The third kappa shape index (κ3) is 3.45. The van der Waals surface area contributed by atoms with Gasteiger partial charge in [0, 0.05) is 42.1 Å². The molecule has 0 spiro atoms. The molecule has 1 aliphatic carbocycles. The Morgan fingerprint density at radius 3 is 2.48 bits per heavy atom. The van der Waals surface area contributed by atoms with E-state index in [1.165, 1.54) is 0 Å². The molecule has 2 heterocycles. The number of hydrogen-bond acceptors (Lipinski definition) is 4. The van der Waals surface area contributed by atoms with Crippen molar-refractivity contribution in [1.29, 1.82) is 0 Å². The van der Waals surface area contributed by atoms with E-state index >= 15 is 0 Å². The summed E-state index contributed by atoms with van der Waals surface area (Å²) in [7, 11) is 1.56. The van der Waals surface area contributed by atoms with Crippen molar-refractivity contribution in [3.63, 3.8) is 0 Å². The van der Waals surface area contributed by atoms with Crippen molar-refractivity contribution in [3.05, 3.63) is 65.0 Å². The molecule has 2 aliphatic rings. The summed E-state index contributed by atoms with van der Waals surface area (Å²) in [6.45, 7) is 3.45. The SMILES string of the molecule is CNC(=O)c1cc(C(=O)N[C@H]2[C@@H]3COC[C@@H]32)cc([C@H](C)c2ccccc2)n1. The largest absolute Gasteiger partial charge is 0.381 e. The van der Waals surface area contributed by atoms with E-state index in [4.69, 9.17) is 4.74 Å². The number of nitrogens with one attached hydrogen (secondary N) is 2. The average molecular weight is 365 g/mol. The summed E-state index contributed by atoms with van der Waals surface area (Å²) in [4.78, 5) is 29.5. The van der Waals surface area contributed by atoms with Gasteiger partial charge in [0.25, 0.3) is 11.8 Å². The minimum Gasteiger partial charge on any atom is -0.381 e. The number of pyridine rings is 1. The van der Waals surface area contributed by atoms with Crippen molar-refractivity contribution in [1.82, 2.24) is 15.6 Å². The van der Waals surface area contributed by atoms with Gasteiger partial charge in [0.15, 0.2) is 0 Å². The van der Waals surface area contributed by atoms with Crippen molar-refractivity contribution < 1.29 is 14.3 Å². The van der Waals surface area contributed by atoms with Crippen LogP contribution in [0.1, 0.15) is 44.9 Å². The first-order chi connectivity index (χ1) is 13.1. The molecule has 1 saturated carbocycles. The highest BCUT2D eigenvalue weighted by Crippen LogP contribution is 2.44. The molecule has 27 heavy (non-hydrogen) atoms. The Labute approximate surface area is 158 Å². The second-order valence-corrected chi connectivity index (χ2v) is 7.24. The monoisotopic (exact) mass is 365 g/mol. The second-order valence-electron chi connectivity index (χ2n) is 7.24. The van der Waals surface area contributed by atoms with Crippen LogP contribution < -0.4 is 10.6 Å². The predicted molar refractivity (Wildman–Crippen MR) is 101 cm³/mol. The molecule has 2 fully saturated rings. The Morgan fingerprint density at radius 1 is 1.11 bits per heavy atom. The van der Waals surface area contributed by atoms with Crippen molar-refractivity contribution in [2.75, 3.05) is 20.3 Å². The second kappa shape index (κ2) is 7.12. The highest BCUT2D eigenvalue weighted by Gasteiger charge is 2.54. The Balaban J connectivity index is 1.62. The first-order valence-electron chi connectivity index (χ1n) is 9.26. The van der Waals surface area contributed by atoms with Gasteiger partial charge in [-0.25, -0.2) is 4.98 Å². The molecule has 0 bridgehead atoms. The van der Waals surface area contributed by atoms with Crippen LogP contribution in [-0.4, -0.2) is 43.1 Å². The van der Waals surface area contributed by atoms with Gasteiger partial charge >= 0.3 is 0 Å². The lowest BCUT2D eigenvalue weighted by molar-refractivity contribution is 0.0928. The molecule has 0 radical (unpaired) electrons. The van der Waals surface area contributed by atoms with E-state index in [9.17, 15) is 9.59 Å². The van der Waals surface area contributed by atoms with E-state index in [2.05, 4.69) is 15.6 Å². The number of hydrogen-bond donors (Lipinski definition) is 2. The van der Waals surface area contributed by atoms with E-state index in [1.807, 2.05) is 37.3 Å². The van der Waals surface area contributed by atoms with E-state index in [0.29, 0.717) is 36.3 Å². The van der Waals surface area contributed by atoms with Crippen LogP contribution in [0.5, 0.6) is 0 Å². The molecule has 2 amide bonds. The first kappa shape index (κ1) is 17.7. The molecule has 1 aliphatic heterocycles. The quantitative estimate of drug-likeness (QED) is 0.849. The molecule has 1 aromatic carbocycles. The van der Waals surface area contributed by atoms with Gasteiger partial charge in [0.1, 0.15) is 5.69 Å². The molecule has 0 unspecified atom stereocenters. The lowest BCUT2D eigenvalue weighted by Crippen LogP contribution is -2.30. The fourth-order valence-electron chi connectivity index (χ4n) is 3.75. The zero-order chi connectivity index (χ0) is 19.0. The zero-order valence-corrected chi connectivity index (χ0v) is 15.4. The van der Waals surface area contributed by atoms with E-state index in [-0.39, 0.29) is 29.5 Å². The average Bonchev–Trinajstić information content (AvgIpc) is 3.13. The maximum absolute atomic E-state index is 12.8. The molecule has 2 aromatic rings. The number of aromatic nitrogens is 1. The molecule has 6 heteroatoms. The van der Waals surface area contributed by atoms with Gasteiger partial charge < -0.3 is 15.4 Å². The van der Waals surface area contributed by atoms with Crippen molar-refractivity contribution in [3.8, 4) is 0 Å². The van der Waals surface area contributed by atoms with Gasteiger partial charge in [-0.1, -0.05) is 37.3 Å². The number of nitrogens with zero attached hydrogens (tertiary/aromatic N) is 1. The maximum atomic E-state index is 12.8. The smallest absolute Gasteiger partial charge is 0.269 e.